The van der Waals surface area contributed by atoms with Crippen molar-refractivity contribution in [3.8, 4) is 11.1 Å². The van der Waals surface area contributed by atoms with E-state index in [0.29, 0.717) is 16.8 Å². The van der Waals surface area contributed by atoms with Crippen molar-refractivity contribution in [2.75, 3.05) is 5.32 Å². The van der Waals surface area contributed by atoms with Crippen LogP contribution in [0.25, 0.3) is 11.1 Å². The van der Waals surface area contributed by atoms with Crippen molar-refractivity contribution in [2.45, 2.75) is 14.4 Å². The third kappa shape index (κ3) is 3.81. The molecule has 4 nitrogen and oxygen atoms in total. The number of nitrogens with zero attached hydrogens (tertiary/aromatic N) is 2. The number of nitrogens with one attached hydrogen (secondary N) is 1. The molecular weight excluding hydrogens is 305 g/mol. The van der Waals surface area contributed by atoms with Crippen LogP contribution in [0.3, 0.4) is 0 Å². The third-order valence-corrected chi connectivity index (χ3v) is 3.45. The number of aryl methyl sites for hydroxylation is 1. The molecule has 122 valence electrons. The fraction of sp³-hybridized carbons (Fsp3) is 0.105. The Morgan fingerprint density at radius 3 is 2.46 bits per heavy atom. The van der Waals surface area contributed by atoms with Crippen LogP contribution < -0.4 is 5.32 Å². The normalized spacial score (nSPS) is 9.92. The molecule has 0 saturated carbocycles. The highest BCUT2D eigenvalue weighted by atomic mass is 19.1. The standard InChI is InChI=1S/C18H14FN3O.CH4/c1-12-8-16(19)2-3-17(12)22-18(23)15-9-14(10-21-11-15)13-4-6-20-7-5-13;/h2-11H,1H3,(H,22,23);1H4. The number of pyridine rings is 2. The first-order valence-corrected chi connectivity index (χ1v) is 7.06. The van der Waals surface area contributed by atoms with Crippen molar-refractivity contribution in [2.24, 2.45) is 0 Å². The molecule has 0 spiro atoms. The first kappa shape index (κ1) is 17.3. The Morgan fingerprint density at radius 1 is 1.00 bits per heavy atom. The number of amides is 1. The maximum Gasteiger partial charge on any atom is 0.257 e. The van der Waals surface area contributed by atoms with Gasteiger partial charge in [-0.1, -0.05) is 7.43 Å². The lowest BCUT2D eigenvalue weighted by Gasteiger charge is -2.09. The Hall–Kier alpha value is -3.08. The monoisotopic (exact) mass is 323 g/mol. The zero-order valence-corrected chi connectivity index (χ0v) is 12.5. The number of rotatable bonds is 3. The summed E-state index contributed by atoms with van der Waals surface area (Å²) in [6, 6.07) is 9.69. The van der Waals surface area contributed by atoms with E-state index in [1.807, 2.05) is 12.1 Å². The van der Waals surface area contributed by atoms with E-state index < -0.39 is 0 Å². The second-order valence-corrected chi connectivity index (χ2v) is 5.11. The first-order valence-electron chi connectivity index (χ1n) is 7.06. The van der Waals surface area contributed by atoms with Crippen LogP contribution >= 0.6 is 0 Å². The SMILES string of the molecule is C.Cc1cc(F)ccc1NC(=O)c1cncc(-c2ccncc2)c1. The fourth-order valence-corrected chi connectivity index (χ4v) is 2.23. The van der Waals surface area contributed by atoms with Crippen LogP contribution in [0.15, 0.2) is 61.2 Å². The highest BCUT2D eigenvalue weighted by molar-refractivity contribution is 6.05. The van der Waals surface area contributed by atoms with E-state index in [0.717, 1.165) is 11.1 Å². The Kier molecular flexibility index (Phi) is 5.37. The summed E-state index contributed by atoms with van der Waals surface area (Å²) in [5.41, 5.74) is 3.43. The van der Waals surface area contributed by atoms with Crippen LogP contribution in [0.5, 0.6) is 0 Å². The van der Waals surface area contributed by atoms with Gasteiger partial charge in [0.05, 0.1) is 5.56 Å². The summed E-state index contributed by atoms with van der Waals surface area (Å²) < 4.78 is 13.1. The molecule has 0 atom stereocenters. The van der Waals surface area contributed by atoms with Crippen LogP contribution in [0.1, 0.15) is 23.3 Å². The minimum atomic E-state index is -0.332. The van der Waals surface area contributed by atoms with Gasteiger partial charge in [0.25, 0.3) is 5.91 Å². The van der Waals surface area contributed by atoms with Crippen molar-refractivity contribution in [1.29, 1.82) is 0 Å². The van der Waals surface area contributed by atoms with Gasteiger partial charge in [-0.05, 0) is 54.4 Å². The predicted octanol–water partition coefficient (Wildman–Crippen LogP) is 4.48. The number of halogens is 1. The van der Waals surface area contributed by atoms with Gasteiger partial charge < -0.3 is 5.32 Å². The molecule has 0 aliphatic carbocycles. The fourth-order valence-electron chi connectivity index (χ4n) is 2.23. The van der Waals surface area contributed by atoms with E-state index >= 15 is 0 Å². The Morgan fingerprint density at radius 2 is 1.75 bits per heavy atom. The van der Waals surface area contributed by atoms with Gasteiger partial charge in [0.1, 0.15) is 5.82 Å². The highest BCUT2D eigenvalue weighted by Crippen LogP contribution is 2.20. The summed E-state index contributed by atoms with van der Waals surface area (Å²) in [6.07, 6.45) is 6.56. The minimum absolute atomic E-state index is 0. The molecule has 0 saturated heterocycles. The molecule has 0 bridgehead atoms. The quantitative estimate of drug-likeness (QED) is 0.773. The van der Waals surface area contributed by atoms with Gasteiger partial charge in [0.15, 0.2) is 0 Å². The Balaban J connectivity index is 0.00000208. The second-order valence-electron chi connectivity index (χ2n) is 5.11. The van der Waals surface area contributed by atoms with E-state index in [9.17, 15) is 9.18 Å². The predicted molar refractivity (Wildman–Crippen MR) is 93.3 cm³/mol. The van der Waals surface area contributed by atoms with Crippen LogP contribution in [-0.2, 0) is 0 Å². The number of aromatic nitrogens is 2. The van der Waals surface area contributed by atoms with Crippen molar-refractivity contribution in [3.05, 3.63) is 78.1 Å². The van der Waals surface area contributed by atoms with E-state index in [-0.39, 0.29) is 19.2 Å². The van der Waals surface area contributed by atoms with Gasteiger partial charge in [-0.2, -0.15) is 0 Å². The number of hydrogen-bond acceptors (Lipinski definition) is 3. The van der Waals surface area contributed by atoms with Gasteiger partial charge in [-0.3, -0.25) is 14.8 Å². The molecule has 0 radical (unpaired) electrons. The van der Waals surface area contributed by atoms with Crippen LogP contribution in [-0.4, -0.2) is 15.9 Å². The van der Waals surface area contributed by atoms with E-state index in [4.69, 9.17) is 0 Å². The number of hydrogen-bond donors (Lipinski definition) is 1. The lowest BCUT2D eigenvalue weighted by molar-refractivity contribution is 0.102. The lowest BCUT2D eigenvalue weighted by atomic mass is 10.1. The number of carbonyl (C=O) groups excluding carboxylic acids is 1. The summed E-state index contributed by atoms with van der Waals surface area (Å²) in [4.78, 5) is 20.5. The molecule has 0 unspecified atom stereocenters. The molecular formula is C19H18FN3O. The molecule has 1 aromatic carbocycles. The molecule has 24 heavy (non-hydrogen) atoms. The Labute approximate surface area is 140 Å². The van der Waals surface area contributed by atoms with Crippen molar-refractivity contribution < 1.29 is 9.18 Å². The molecule has 0 aliphatic heterocycles. The molecule has 2 heterocycles. The average Bonchev–Trinajstić information content (AvgIpc) is 2.58. The van der Waals surface area contributed by atoms with Crippen LogP contribution in [0.4, 0.5) is 10.1 Å². The van der Waals surface area contributed by atoms with E-state index in [2.05, 4.69) is 15.3 Å². The number of carbonyl (C=O) groups is 1. The minimum Gasteiger partial charge on any atom is -0.322 e. The molecule has 1 N–H and O–H groups in total. The maximum absolute atomic E-state index is 13.1. The molecule has 2 aromatic heterocycles. The number of benzene rings is 1. The summed E-state index contributed by atoms with van der Waals surface area (Å²) in [6.45, 7) is 1.74. The average molecular weight is 323 g/mol. The smallest absolute Gasteiger partial charge is 0.257 e. The molecule has 1 amide bonds. The van der Waals surface area contributed by atoms with Gasteiger partial charge >= 0.3 is 0 Å². The van der Waals surface area contributed by atoms with Gasteiger partial charge in [0, 0.05) is 36.0 Å². The zero-order chi connectivity index (χ0) is 16.2. The highest BCUT2D eigenvalue weighted by Gasteiger charge is 2.10. The largest absolute Gasteiger partial charge is 0.322 e. The van der Waals surface area contributed by atoms with Crippen LogP contribution in [0.2, 0.25) is 0 Å². The molecule has 3 rings (SSSR count). The third-order valence-electron chi connectivity index (χ3n) is 3.45. The summed E-state index contributed by atoms with van der Waals surface area (Å²) in [5, 5.41) is 2.77. The van der Waals surface area contributed by atoms with E-state index in [1.165, 1.54) is 18.3 Å². The van der Waals surface area contributed by atoms with Crippen LogP contribution in [0, 0.1) is 12.7 Å². The number of anilines is 1. The maximum atomic E-state index is 13.1. The van der Waals surface area contributed by atoms with E-state index in [1.54, 1.807) is 37.6 Å². The van der Waals surface area contributed by atoms with Gasteiger partial charge in [0.2, 0.25) is 0 Å². The molecule has 5 heteroatoms. The topological polar surface area (TPSA) is 54.9 Å². The zero-order valence-electron chi connectivity index (χ0n) is 12.5. The van der Waals surface area contributed by atoms with Crippen molar-refractivity contribution in [3.63, 3.8) is 0 Å². The summed E-state index contributed by atoms with van der Waals surface area (Å²) >= 11 is 0. The Bertz CT molecular complexity index is 850. The molecule has 0 aliphatic rings. The van der Waals surface area contributed by atoms with Gasteiger partial charge in [-0.15, -0.1) is 0 Å². The van der Waals surface area contributed by atoms with Crippen molar-refractivity contribution >= 4 is 11.6 Å². The van der Waals surface area contributed by atoms with Crippen molar-refractivity contribution in [1.82, 2.24) is 9.97 Å². The molecule has 0 fully saturated rings. The summed E-state index contributed by atoms with van der Waals surface area (Å²) in [5.74, 6) is -0.620. The molecule has 3 aromatic rings. The second kappa shape index (κ2) is 7.46. The van der Waals surface area contributed by atoms with Gasteiger partial charge in [-0.25, -0.2) is 4.39 Å². The first-order chi connectivity index (χ1) is 11.1. The summed E-state index contributed by atoms with van der Waals surface area (Å²) in [7, 11) is 0. The lowest BCUT2D eigenvalue weighted by Crippen LogP contribution is -2.13.